The van der Waals surface area contributed by atoms with Gasteiger partial charge in [0.15, 0.2) is 16.8 Å². The lowest BCUT2D eigenvalue weighted by atomic mass is 10.1. The van der Waals surface area contributed by atoms with Crippen molar-refractivity contribution in [1.29, 1.82) is 0 Å². The van der Waals surface area contributed by atoms with Crippen LogP contribution in [0.2, 0.25) is 5.02 Å². The van der Waals surface area contributed by atoms with Crippen molar-refractivity contribution in [1.82, 2.24) is 14.8 Å². The number of hydrogen-bond donors (Lipinski definition) is 0. The van der Waals surface area contributed by atoms with Gasteiger partial charge in [0.1, 0.15) is 11.5 Å². The predicted octanol–water partition coefficient (Wildman–Crippen LogP) is 5.61. The minimum Gasteiger partial charge on any atom is -0.497 e. The van der Waals surface area contributed by atoms with Crippen molar-refractivity contribution in [2.24, 2.45) is 0 Å². The lowest BCUT2D eigenvalue weighted by Crippen LogP contribution is -2.15. The maximum atomic E-state index is 12.9. The average Bonchev–Trinajstić information content (AvgIpc) is 3.44. The van der Waals surface area contributed by atoms with E-state index < -0.39 is 0 Å². The number of rotatable bonds is 8. The van der Waals surface area contributed by atoms with Crippen molar-refractivity contribution in [3.63, 3.8) is 0 Å². The summed E-state index contributed by atoms with van der Waals surface area (Å²) < 4.78 is 12.8. The fourth-order valence-corrected chi connectivity index (χ4v) is 4.16. The van der Waals surface area contributed by atoms with Crippen LogP contribution in [-0.2, 0) is 6.54 Å². The number of benzene rings is 2. The number of thioether (sulfide) groups is 1. The van der Waals surface area contributed by atoms with Gasteiger partial charge in [-0.05, 0) is 55.5 Å². The number of halogens is 1. The Morgan fingerprint density at radius 3 is 2.68 bits per heavy atom. The molecule has 0 saturated heterocycles. The zero-order chi connectivity index (χ0) is 21.8. The Kier molecular flexibility index (Phi) is 6.44. The first kappa shape index (κ1) is 21.2. The van der Waals surface area contributed by atoms with Gasteiger partial charge in [0, 0.05) is 16.1 Å². The summed E-state index contributed by atoms with van der Waals surface area (Å²) in [7, 11) is 1.62. The van der Waals surface area contributed by atoms with E-state index in [-0.39, 0.29) is 11.0 Å². The molecular formula is C23H20ClN3O3S. The zero-order valence-corrected chi connectivity index (χ0v) is 18.6. The van der Waals surface area contributed by atoms with E-state index in [1.807, 2.05) is 47.9 Å². The van der Waals surface area contributed by atoms with Crippen molar-refractivity contribution < 1.29 is 13.9 Å². The molecule has 6 nitrogen and oxygen atoms in total. The highest BCUT2D eigenvalue weighted by atomic mass is 35.5. The molecule has 158 valence electrons. The molecule has 0 fully saturated rings. The van der Waals surface area contributed by atoms with E-state index in [9.17, 15) is 4.79 Å². The van der Waals surface area contributed by atoms with Gasteiger partial charge in [-0.15, -0.1) is 10.2 Å². The largest absolute Gasteiger partial charge is 0.497 e. The molecule has 8 heteroatoms. The van der Waals surface area contributed by atoms with Crippen LogP contribution in [0.3, 0.4) is 0 Å². The maximum absolute atomic E-state index is 12.9. The van der Waals surface area contributed by atoms with Gasteiger partial charge in [-0.1, -0.05) is 35.5 Å². The van der Waals surface area contributed by atoms with E-state index in [1.54, 1.807) is 37.6 Å². The van der Waals surface area contributed by atoms with Crippen molar-refractivity contribution in [2.45, 2.75) is 23.9 Å². The molecule has 0 spiro atoms. The molecule has 4 rings (SSSR count). The molecule has 1 atom stereocenters. The smallest absolute Gasteiger partial charge is 0.192 e. The zero-order valence-electron chi connectivity index (χ0n) is 17.0. The van der Waals surface area contributed by atoms with Crippen LogP contribution in [0.1, 0.15) is 23.0 Å². The fourth-order valence-electron chi connectivity index (χ4n) is 3.11. The van der Waals surface area contributed by atoms with E-state index >= 15 is 0 Å². The fraction of sp³-hybridized carbons (Fsp3) is 0.174. The maximum Gasteiger partial charge on any atom is 0.192 e. The third kappa shape index (κ3) is 4.84. The van der Waals surface area contributed by atoms with Gasteiger partial charge in [0.05, 0.1) is 25.2 Å². The number of furan rings is 1. The van der Waals surface area contributed by atoms with Crippen molar-refractivity contribution in [3.8, 4) is 17.1 Å². The van der Waals surface area contributed by atoms with Crippen LogP contribution < -0.4 is 4.74 Å². The Morgan fingerprint density at radius 1 is 1.16 bits per heavy atom. The van der Waals surface area contributed by atoms with Gasteiger partial charge in [0.25, 0.3) is 0 Å². The Labute approximate surface area is 189 Å². The van der Waals surface area contributed by atoms with Crippen LogP contribution in [0.25, 0.3) is 11.4 Å². The molecule has 0 aliphatic rings. The number of ketones is 1. The monoisotopic (exact) mass is 453 g/mol. The standard InChI is InChI=1S/C23H20ClN3O3S/c1-15(21(28)16-8-10-18(24)11-9-16)31-23-26-25-22(17-5-3-6-19(13-17)29-2)27(23)14-20-7-4-12-30-20/h3-13,15H,14H2,1-2H3. The van der Waals surface area contributed by atoms with Gasteiger partial charge in [-0.25, -0.2) is 0 Å². The molecule has 1 unspecified atom stereocenters. The quantitative estimate of drug-likeness (QED) is 0.255. The number of hydrogen-bond acceptors (Lipinski definition) is 6. The summed E-state index contributed by atoms with van der Waals surface area (Å²) in [6, 6.07) is 18.3. The lowest BCUT2D eigenvalue weighted by molar-refractivity contribution is 0.0994. The highest BCUT2D eigenvalue weighted by Gasteiger charge is 2.22. The number of carbonyl (C=O) groups is 1. The second-order valence-corrected chi connectivity index (χ2v) is 8.58. The number of aromatic nitrogens is 3. The molecule has 31 heavy (non-hydrogen) atoms. The second kappa shape index (κ2) is 9.41. The first-order valence-corrected chi connectivity index (χ1v) is 10.9. The van der Waals surface area contributed by atoms with Crippen LogP contribution in [0.5, 0.6) is 5.75 Å². The highest BCUT2D eigenvalue weighted by Crippen LogP contribution is 2.30. The molecule has 0 N–H and O–H groups in total. The first-order chi connectivity index (χ1) is 15.0. The summed E-state index contributed by atoms with van der Waals surface area (Å²) in [5.74, 6) is 2.16. The van der Waals surface area contributed by atoms with Gasteiger partial charge >= 0.3 is 0 Å². The van der Waals surface area contributed by atoms with Crippen LogP contribution in [0.15, 0.2) is 76.5 Å². The van der Waals surface area contributed by atoms with Gasteiger partial charge < -0.3 is 9.15 Å². The molecule has 0 amide bonds. The van der Waals surface area contributed by atoms with E-state index in [0.717, 1.165) is 17.1 Å². The minimum atomic E-state index is -0.362. The topological polar surface area (TPSA) is 70.2 Å². The summed E-state index contributed by atoms with van der Waals surface area (Å²) in [6.45, 7) is 2.30. The molecule has 0 aliphatic heterocycles. The van der Waals surface area contributed by atoms with Crippen LogP contribution in [-0.4, -0.2) is 32.9 Å². The molecule has 2 aromatic carbocycles. The second-order valence-electron chi connectivity index (χ2n) is 6.83. The third-order valence-electron chi connectivity index (χ3n) is 4.72. The minimum absolute atomic E-state index is 0.00264. The molecule has 2 aromatic heterocycles. The molecule has 0 saturated carbocycles. The SMILES string of the molecule is COc1cccc(-c2nnc(SC(C)C(=O)c3ccc(Cl)cc3)n2Cc2ccco2)c1. The Morgan fingerprint density at radius 2 is 1.97 bits per heavy atom. The number of carbonyl (C=O) groups excluding carboxylic acids is 1. The first-order valence-electron chi connectivity index (χ1n) is 9.61. The molecule has 0 aliphatic carbocycles. The van der Waals surface area contributed by atoms with Crippen molar-refractivity contribution in [2.75, 3.05) is 7.11 Å². The number of Topliss-reactive ketones (excluding diaryl/α,β-unsaturated/α-hetero) is 1. The summed E-state index contributed by atoms with van der Waals surface area (Å²) in [5, 5.41) is 9.65. The van der Waals surface area contributed by atoms with E-state index in [2.05, 4.69) is 10.2 Å². The summed E-state index contributed by atoms with van der Waals surface area (Å²) in [6.07, 6.45) is 1.63. The van der Waals surface area contributed by atoms with E-state index in [0.29, 0.717) is 28.1 Å². The number of ether oxygens (including phenoxy) is 1. The summed E-state index contributed by atoms with van der Waals surface area (Å²) >= 11 is 7.30. The molecule has 4 aromatic rings. The van der Waals surface area contributed by atoms with E-state index in [4.69, 9.17) is 20.8 Å². The van der Waals surface area contributed by atoms with Crippen molar-refractivity contribution >= 4 is 29.1 Å². The number of methoxy groups -OCH3 is 1. The van der Waals surface area contributed by atoms with Crippen LogP contribution in [0, 0.1) is 0 Å². The van der Waals surface area contributed by atoms with Gasteiger partial charge in [-0.3, -0.25) is 9.36 Å². The van der Waals surface area contributed by atoms with E-state index in [1.165, 1.54) is 11.8 Å². The lowest BCUT2D eigenvalue weighted by Gasteiger charge is -2.13. The molecule has 0 bridgehead atoms. The normalized spacial score (nSPS) is 12.0. The molecule has 2 heterocycles. The predicted molar refractivity (Wildman–Crippen MR) is 121 cm³/mol. The highest BCUT2D eigenvalue weighted by molar-refractivity contribution is 8.00. The molecular weight excluding hydrogens is 434 g/mol. The summed E-state index contributed by atoms with van der Waals surface area (Å²) in [4.78, 5) is 12.9. The molecule has 0 radical (unpaired) electrons. The van der Waals surface area contributed by atoms with Crippen LogP contribution in [0.4, 0.5) is 0 Å². The number of nitrogens with zero attached hydrogens (tertiary/aromatic N) is 3. The Balaban J connectivity index is 1.65. The summed E-state index contributed by atoms with van der Waals surface area (Å²) in [5.41, 5.74) is 1.47. The van der Waals surface area contributed by atoms with Gasteiger partial charge in [-0.2, -0.15) is 0 Å². The third-order valence-corrected chi connectivity index (χ3v) is 6.05. The Hall–Kier alpha value is -3.03. The average molecular weight is 454 g/mol. The van der Waals surface area contributed by atoms with Crippen LogP contribution >= 0.6 is 23.4 Å². The van der Waals surface area contributed by atoms with Gasteiger partial charge in [0.2, 0.25) is 0 Å². The Bertz CT molecular complexity index is 1170. The van der Waals surface area contributed by atoms with Crippen molar-refractivity contribution in [3.05, 3.63) is 83.3 Å².